The molecule has 0 spiro atoms. The van der Waals surface area contributed by atoms with Gasteiger partial charge in [-0.2, -0.15) is 0 Å². The molecule has 0 saturated heterocycles. The van der Waals surface area contributed by atoms with E-state index in [1.54, 1.807) is 48.5 Å². The molecule has 1 atom stereocenters. The van der Waals surface area contributed by atoms with E-state index >= 15 is 0 Å². The third-order valence-corrected chi connectivity index (χ3v) is 3.09. The molecule has 0 aliphatic rings. The fraction of sp³-hybridized carbons (Fsp3) is 0. The first-order chi connectivity index (χ1) is 10.6. The molecular weight excluding hydrogens is 295 g/mol. The molecule has 3 aromatic carbocycles. The van der Waals surface area contributed by atoms with Crippen molar-refractivity contribution >= 4 is 14.5 Å². The zero-order valence-electron chi connectivity index (χ0n) is 11.9. The van der Waals surface area contributed by atoms with Crippen molar-refractivity contribution in [3.8, 4) is 23.0 Å². The average Bonchev–Trinajstić information content (AvgIpc) is 2.53. The van der Waals surface area contributed by atoms with Crippen molar-refractivity contribution in [1.29, 1.82) is 0 Å². The van der Waals surface area contributed by atoms with Gasteiger partial charge >= 0.3 is 0 Å². The summed E-state index contributed by atoms with van der Waals surface area (Å²) in [5.74, 6) is 1.68. The summed E-state index contributed by atoms with van der Waals surface area (Å²) in [5, 5.41) is 19.4. The molecule has 0 amide bonds. The van der Waals surface area contributed by atoms with Crippen LogP contribution >= 0.6 is 9.24 Å². The van der Waals surface area contributed by atoms with Crippen molar-refractivity contribution < 1.29 is 14.9 Å². The number of hydrogen-bond donors (Lipinski definition) is 2. The number of phenols is 2. The molecule has 0 heterocycles. The fourth-order valence-electron chi connectivity index (χ4n) is 1.62. The Hall–Kier alpha value is -2.51. The highest BCUT2D eigenvalue weighted by atomic mass is 31.0. The Balaban J connectivity index is 0.000000211. The van der Waals surface area contributed by atoms with Crippen LogP contribution in [0.2, 0.25) is 0 Å². The van der Waals surface area contributed by atoms with Gasteiger partial charge in [0.2, 0.25) is 0 Å². The molecule has 0 aliphatic carbocycles. The van der Waals surface area contributed by atoms with Crippen molar-refractivity contribution in [3.05, 3.63) is 78.9 Å². The first-order valence-electron chi connectivity index (χ1n) is 6.70. The van der Waals surface area contributed by atoms with Crippen LogP contribution in [0.3, 0.4) is 0 Å². The summed E-state index contributed by atoms with van der Waals surface area (Å²) >= 11 is 0. The Labute approximate surface area is 132 Å². The van der Waals surface area contributed by atoms with Crippen molar-refractivity contribution in [2.24, 2.45) is 0 Å². The van der Waals surface area contributed by atoms with E-state index in [0.717, 1.165) is 0 Å². The van der Waals surface area contributed by atoms with E-state index in [1.807, 2.05) is 30.3 Å². The van der Waals surface area contributed by atoms with Gasteiger partial charge < -0.3 is 14.9 Å². The van der Waals surface area contributed by atoms with Crippen molar-refractivity contribution in [3.63, 3.8) is 0 Å². The molecule has 22 heavy (non-hydrogen) atoms. The van der Waals surface area contributed by atoms with Crippen LogP contribution in [-0.2, 0) is 0 Å². The minimum Gasteiger partial charge on any atom is -0.508 e. The van der Waals surface area contributed by atoms with E-state index < -0.39 is 0 Å². The Bertz CT molecular complexity index is 636. The quantitative estimate of drug-likeness (QED) is 0.701. The molecule has 3 aromatic rings. The Kier molecular flexibility index (Phi) is 5.81. The molecule has 3 rings (SSSR count). The predicted molar refractivity (Wildman–Crippen MR) is 92.1 cm³/mol. The summed E-state index contributed by atoms with van der Waals surface area (Å²) in [6.45, 7) is 0. The average molecular weight is 312 g/mol. The minimum absolute atomic E-state index is 0.202. The van der Waals surface area contributed by atoms with E-state index in [9.17, 15) is 0 Å². The summed E-state index contributed by atoms with van der Waals surface area (Å²) in [7, 11) is 2.63. The maximum Gasteiger partial charge on any atom is 0.127 e. The highest BCUT2D eigenvalue weighted by molar-refractivity contribution is 7.27. The van der Waals surface area contributed by atoms with Crippen molar-refractivity contribution in [1.82, 2.24) is 0 Å². The van der Waals surface area contributed by atoms with Gasteiger partial charge in [0.25, 0.3) is 0 Å². The normalized spacial score (nSPS) is 9.50. The van der Waals surface area contributed by atoms with Gasteiger partial charge in [0, 0.05) is 0 Å². The van der Waals surface area contributed by atoms with Gasteiger partial charge in [0.15, 0.2) is 0 Å². The molecule has 0 saturated carbocycles. The lowest BCUT2D eigenvalue weighted by Gasteiger charge is -2.05. The number of aromatic hydroxyl groups is 2. The van der Waals surface area contributed by atoms with Crippen LogP contribution in [0, 0.1) is 0 Å². The smallest absolute Gasteiger partial charge is 0.127 e. The SMILES string of the molecule is Oc1ccc(Oc2ccc(O)cc2)cc1.Pc1ccccc1. The number of ether oxygens (including phenoxy) is 1. The summed E-state index contributed by atoms with van der Waals surface area (Å²) < 4.78 is 5.47. The van der Waals surface area contributed by atoms with E-state index in [1.165, 1.54) is 5.30 Å². The van der Waals surface area contributed by atoms with Crippen molar-refractivity contribution in [2.45, 2.75) is 0 Å². The molecule has 0 radical (unpaired) electrons. The second-order valence-electron chi connectivity index (χ2n) is 4.50. The molecule has 0 bridgehead atoms. The predicted octanol–water partition coefficient (Wildman–Crippen LogP) is 4.08. The topological polar surface area (TPSA) is 49.7 Å². The van der Waals surface area contributed by atoms with Crippen LogP contribution in [-0.4, -0.2) is 10.2 Å². The number of hydrogen-bond acceptors (Lipinski definition) is 3. The Morgan fingerprint density at radius 2 is 1.00 bits per heavy atom. The second kappa shape index (κ2) is 8.06. The van der Waals surface area contributed by atoms with Crippen LogP contribution < -0.4 is 10.0 Å². The maximum absolute atomic E-state index is 9.07. The fourth-order valence-corrected chi connectivity index (χ4v) is 1.84. The van der Waals surface area contributed by atoms with E-state index in [0.29, 0.717) is 11.5 Å². The van der Waals surface area contributed by atoms with Crippen LogP contribution in [0.5, 0.6) is 23.0 Å². The van der Waals surface area contributed by atoms with Gasteiger partial charge in [-0.1, -0.05) is 30.3 Å². The van der Waals surface area contributed by atoms with Gasteiger partial charge in [0.05, 0.1) is 0 Å². The minimum atomic E-state index is 0.202. The molecule has 0 fully saturated rings. The van der Waals surface area contributed by atoms with Gasteiger partial charge in [-0.25, -0.2) is 0 Å². The van der Waals surface area contributed by atoms with Crippen LogP contribution in [0.25, 0.3) is 0 Å². The number of benzene rings is 3. The third-order valence-electron chi connectivity index (χ3n) is 2.71. The van der Waals surface area contributed by atoms with Gasteiger partial charge in [-0.05, 0) is 53.8 Å². The third kappa shape index (κ3) is 5.47. The summed E-state index contributed by atoms with van der Waals surface area (Å²) in [6.07, 6.45) is 0. The van der Waals surface area contributed by atoms with Crippen LogP contribution in [0.4, 0.5) is 0 Å². The van der Waals surface area contributed by atoms with Gasteiger partial charge in [0.1, 0.15) is 23.0 Å². The van der Waals surface area contributed by atoms with Gasteiger partial charge in [-0.15, -0.1) is 9.24 Å². The molecule has 2 N–H and O–H groups in total. The first kappa shape index (κ1) is 15.9. The van der Waals surface area contributed by atoms with E-state index in [2.05, 4.69) is 9.24 Å². The highest BCUT2D eigenvalue weighted by Crippen LogP contribution is 2.24. The lowest BCUT2D eigenvalue weighted by atomic mass is 10.3. The Morgan fingerprint density at radius 3 is 1.32 bits per heavy atom. The highest BCUT2D eigenvalue weighted by Gasteiger charge is 1.97. The lowest BCUT2D eigenvalue weighted by molar-refractivity contribution is 0.459. The molecule has 1 unspecified atom stereocenters. The zero-order chi connectivity index (χ0) is 15.8. The van der Waals surface area contributed by atoms with E-state index in [-0.39, 0.29) is 11.5 Å². The second-order valence-corrected chi connectivity index (χ2v) is 5.17. The molecule has 0 aliphatic heterocycles. The molecule has 3 nitrogen and oxygen atoms in total. The molecule has 0 aromatic heterocycles. The lowest BCUT2D eigenvalue weighted by Crippen LogP contribution is -1.82. The van der Waals surface area contributed by atoms with Crippen molar-refractivity contribution in [2.75, 3.05) is 0 Å². The summed E-state index contributed by atoms with van der Waals surface area (Å²) in [4.78, 5) is 0. The first-order valence-corrected chi connectivity index (χ1v) is 7.27. The summed E-state index contributed by atoms with van der Waals surface area (Å²) in [5.41, 5.74) is 0. The maximum atomic E-state index is 9.07. The molecular formula is C18H17O3P. The van der Waals surface area contributed by atoms with E-state index in [4.69, 9.17) is 14.9 Å². The Morgan fingerprint density at radius 1 is 0.591 bits per heavy atom. The number of phenolic OH excluding ortho intramolecular Hbond substituents is 2. The summed E-state index contributed by atoms with van der Waals surface area (Å²) in [6, 6.07) is 23.0. The van der Waals surface area contributed by atoms with Crippen LogP contribution in [0.15, 0.2) is 78.9 Å². The number of rotatable bonds is 2. The van der Waals surface area contributed by atoms with Crippen LogP contribution in [0.1, 0.15) is 0 Å². The molecule has 112 valence electrons. The zero-order valence-corrected chi connectivity index (χ0v) is 13.0. The molecule has 4 heteroatoms. The largest absolute Gasteiger partial charge is 0.508 e. The van der Waals surface area contributed by atoms with Gasteiger partial charge in [-0.3, -0.25) is 0 Å². The monoisotopic (exact) mass is 312 g/mol. The standard InChI is InChI=1S/C12H10O3.C6H7P/c13-9-1-5-11(6-2-9)15-12-7-3-10(14)4-8-12;7-6-4-2-1-3-5-6/h1-8,13-14H;1-5H,7H2.